The molecule has 1 nitrogen and oxygen atoms in total. The quantitative estimate of drug-likeness (QED) is 0.586. The molecule has 0 aliphatic carbocycles. The van der Waals surface area contributed by atoms with Gasteiger partial charge >= 0.3 is 0 Å². The van der Waals surface area contributed by atoms with E-state index in [0.717, 1.165) is 17.2 Å². The van der Waals surface area contributed by atoms with Gasteiger partial charge in [0.25, 0.3) is 0 Å². The van der Waals surface area contributed by atoms with E-state index in [-0.39, 0.29) is 5.92 Å². The molecule has 0 aliphatic heterocycles. The second kappa shape index (κ2) is 4.56. The summed E-state index contributed by atoms with van der Waals surface area (Å²) >= 11 is 3.40. The van der Waals surface area contributed by atoms with Gasteiger partial charge in [0.05, 0.1) is 0 Å². The molecule has 0 spiro atoms. The van der Waals surface area contributed by atoms with Crippen molar-refractivity contribution in [3.05, 3.63) is 34.9 Å². The summed E-state index contributed by atoms with van der Waals surface area (Å²) in [6, 6.07) is 6.22. The van der Waals surface area contributed by atoms with Crippen LogP contribution in [0.5, 0.6) is 0 Å². The van der Waals surface area contributed by atoms with Crippen LogP contribution >= 0.6 is 15.9 Å². The normalized spacial score (nSPS) is 12.5. The lowest BCUT2D eigenvalue weighted by molar-refractivity contribution is -0.108. The number of hydrogen-bond acceptors (Lipinski definition) is 1. The Bertz CT molecular complexity index is 307. The number of carbonyl (C=O) groups excluding carboxylic acids is 1. The molecule has 0 bridgehead atoms. The molecule has 0 fully saturated rings. The SMILES string of the molecule is Cc1ccc(CBr)cc1C(C)C=O. The van der Waals surface area contributed by atoms with Crippen molar-refractivity contribution in [2.24, 2.45) is 0 Å². The van der Waals surface area contributed by atoms with Crippen LogP contribution in [0.3, 0.4) is 0 Å². The van der Waals surface area contributed by atoms with Crippen molar-refractivity contribution < 1.29 is 4.79 Å². The largest absolute Gasteiger partial charge is 0.303 e. The first-order valence-corrected chi connectivity index (χ1v) is 5.42. The average molecular weight is 241 g/mol. The topological polar surface area (TPSA) is 17.1 Å². The van der Waals surface area contributed by atoms with Gasteiger partial charge in [0, 0.05) is 11.2 Å². The summed E-state index contributed by atoms with van der Waals surface area (Å²) in [6.45, 7) is 3.96. The van der Waals surface area contributed by atoms with Crippen LogP contribution in [0, 0.1) is 6.92 Å². The van der Waals surface area contributed by atoms with Crippen LogP contribution in [0.2, 0.25) is 0 Å². The summed E-state index contributed by atoms with van der Waals surface area (Å²) in [6.07, 6.45) is 0.986. The number of aryl methyl sites for hydroxylation is 1. The highest BCUT2D eigenvalue weighted by Crippen LogP contribution is 2.20. The Morgan fingerprint density at radius 2 is 2.23 bits per heavy atom. The van der Waals surface area contributed by atoms with Crippen molar-refractivity contribution in [1.82, 2.24) is 0 Å². The number of hydrogen-bond donors (Lipinski definition) is 0. The van der Waals surface area contributed by atoms with E-state index in [0.29, 0.717) is 0 Å². The van der Waals surface area contributed by atoms with E-state index in [1.54, 1.807) is 0 Å². The number of carbonyl (C=O) groups is 1. The van der Waals surface area contributed by atoms with E-state index in [9.17, 15) is 4.79 Å². The molecule has 0 radical (unpaired) electrons. The maximum Gasteiger partial charge on any atom is 0.127 e. The summed E-state index contributed by atoms with van der Waals surface area (Å²) < 4.78 is 0. The highest BCUT2D eigenvalue weighted by molar-refractivity contribution is 9.08. The fraction of sp³-hybridized carbons (Fsp3) is 0.364. The van der Waals surface area contributed by atoms with Crippen LogP contribution < -0.4 is 0 Å². The van der Waals surface area contributed by atoms with Crippen LogP contribution in [-0.2, 0) is 10.1 Å². The van der Waals surface area contributed by atoms with E-state index in [1.807, 2.05) is 13.8 Å². The van der Waals surface area contributed by atoms with Crippen LogP contribution in [0.25, 0.3) is 0 Å². The molecule has 0 saturated carbocycles. The van der Waals surface area contributed by atoms with E-state index in [1.165, 1.54) is 11.1 Å². The zero-order chi connectivity index (χ0) is 9.84. The molecule has 13 heavy (non-hydrogen) atoms. The number of benzene rings is 1. The van der Waals surface area contributed by atoms with Gasteiger partial charge in [-0.15, -0.1) is 0 Å². The number of aldehydes is 1. The van der Waals surface area contributed by atoms with Gasteiger partial charge in [0.1, 0.15) is 6.29 Å². The number of rotatable bonds is 3. The third kappa shape index (κ3) is 2.41. The predicted octanol–water partition coefficient (Wildman–Crippen LogP) is 3.19. The lowest BCUT2D eigenvalue weighted by Crippen LogP contribution is -1.98. The van der Waals surface area contributed by atoms with E-state index < -0.39 is 0 Å². The second-order valence-corrected chi connectivity index (χ2v) is 3.81. The first-order valence-electron chi connectivity index (χ1n) is 4.29. The third-order valence-electron chi connectivity index (χ3n) is 2.19. The summed E-state index contributed by atoms with van der Waals surface area (Å²) in [7, 11) is 0. The van der Waals surface area contributed by atoms with Crippen molar-refractivity contribution in [2.75, 3.05) is 0 Å². The monoisotopic (exact) mass is 240 g/mol. The highest BCUT2D eigenvalue weighted by atomic mass is 79.9. The Morgan fingerprint density at radius 3 is 2.77 bits per heavy atom. The molecule has 1 aromatic rings. The molecule has 0 amide bonds. The van der Waals surface area contributed by atoms with Gasteiger partial charge in [-0.05, 0) is 23.6 Å². The molecular formula is C11H13BrO. The summed E-state index contributed by atoms with van der Waals surface area (Å²) in [5.74, 6) is -0.000926. The highest BCUT2D eigenvalue weighted by Gasteiger charge is 2.07. The Kier molecular flexibility index (Phi) is 3.67. The molecule has 0 saturated heterocycles. The summed E-state index contributed by atoms with van der Waals surface area (Å²) in [5.41, 5.74) is 3.53. The lowest BCUT2D eigenvalue weighted by Gasteiger charge is -2.09. The third-order valence-corrected chi connectivity index (χ3v) is 2.84. The van der Waals surface area contributed by atoms with Crippen LogP contribution in [0.15, 0.2) is 18.2 Å². The Balaban J connectivity index is 3.10. The molecule has 0 heterocycles. The molecular weight excluding hydrogens is 228 g/mol. The van der Waals surface area contributed by atoms with Gasteiger partial charge < -0.3 is 4.79 Å². The van der Waals surface area contributed by atoms with E-state index >= 15 is 0 Å². The van der Waals surface area contributed by atoms with Crippen molar-refractivity contribution in [1.29, 1.82) is 0 Å². The molecule has 0 aromatic heterocycles. The molecule has 1 unspecified atom stereocenters. The molecule has 70 valence electrons. The maximum absolute atomic E-state index is 10.6. The van der Waals surface area contributed by atoms with Crippen LogP contribution in [0.1, 0.15) is 29.5 Å². The summed E-state index contributed by atoms with van der Waals surface area (Å²) in [4.78, 5) is 10.6. The fourth-order valence-electron chi connectivity index (χ4n) is 1.34. The van der Waals surface area contributed by atoms with E-state index in [2.05, 4.69) is 34.1 Å². The molecule has 0 aliphatic rings. The Hall–Kier alpha value is -0.630. The first kappa shape index (κ1) is 10.5. The Labute approximate surface area is 87.3 Å². The van der Waals surface area contributed by atoms with Gasteiger partial charge in [-0.3, -0.25) is 0 Å². The minimum absolute atomic E-state index is 0.000926. The van der Waals surface area contributed by atoms with Gasteiger partial charge in [0.2, 0.25) is 0 Å². The summed E-state index contributed by atoms with van der Waals surface area (Å²) in [5, 5.41) is 0.839. The maximum atomic E-state index is 10.6. The van der Waals surface area contributed by atoms with Crippen LogP contribution in [0.4, 0.5) is 0 Å². The second-order valence-electron chi connectivity index (χ2n) is 3.25. The van der Waals surface area contributed by atoms with Crippen molar-refractivity contribution in [3.63, 3.8) is 0 Å². The first-order chi connectivity index (χ1) is 6.19. The van der Waals surface area contributed by atoms with Crippen molar-refractivity contribution >= 4 is 22.2 Å². The number of halogens is 1. The Morgan fingerprint density at radius 1 is 1.54 bits per heavy atom. The molecule has 1 aromatic carbocycles. The minimum Gasteiger partial charge on any atom is -0.303 e. The smallest absolute Gasteiger partial charge is 0.127 e. The zero-order valence-electron chi connectivity index (χ0n) is 7.88. The molecule has 2 heteroatoms. The van der Waals surface area contributed by atoms with Crippen molar-refractivity contribution in [2.45, 2.75) is 25.1 Å². The minimum atomic E-state index is -0.000926. The number of alkyl halides is 1. The zero-order valence-corrected chi connectivity index (χ0v) is 9.47. The lowest BCUT2D eigenvalue weighted by atomic mass is 9.96. The molecule has 1 atom stereocenters. The average Bonchev–Trinajstić information content (AvgIpc) is 2.17. The van der Waals surface area contributed by atoms with Gasteiger partial charge in [-0.25, -0.2) is 0 Å². The predicted molar refractivity (Wildman–Crippen MR) is 58.3 cm³/mol. The molecule has 1 rings (SSSR count). The van der Waals surface area contributed by atoms with Crippen molar-refractivity contribution in [3.8, 4) is 0 Å². The van der Waals surface area contributed by atoms with Gasteiger partial charge in [0.15, 0.2) is 0 Å². The van der Waals surface area contributed by atoms with Crippen LogP contribution in [-0.4, -0.2) is 6.29 Å². The fourth-order valence-corrected chi connectivity index (χ4v) is 1.69. The van der Waals surface area contributed by atoms with Gasteiger partial charge in [-0.1, -0.05) is 41.1 Å². The standard InChI is InChI=1S/C11H13BrO/c1-8-3-4-10(6-12)5-11(8)9(2)7-13/h3-5,7,9H,6H2,1-2H3. The van der Waals surface area contributed by atoms with E-state index in [4.69, 9.17) is 0 Å². The molecule has 0 N–H and O–H groups in total. The van der Waals surface area contributed by atoms with Gasteiger partial charge in [-0.2, -0.15) is 0 Å².